The first kappa shape index (κ1) is 13.2. The maximum Gasteiger partial charge on any atom is 0.0998 e. The predicted molar refractivity (Wildman–Crippen MR) is 86.9 cm³/mol. The highest BCUT2D eigenvalue weighted by molar-refractivity contribution is 9.10. The molecule has 0 amide bonds. The SMILES string of the molecule is N#Cc1ccc(Sc2ccccc2Br)c2ccccc12. The number of halogens is 1. The Labute approximate surface area is 130 Å². The molecule has 0 aromatic heterocycles. The van der Waals surface area contributed by atoms with Crippen molar-refractivity contribution in [2.45, 2.75) is 9.79 Å². The van der Waals surface area contributed by atoms with E-state index in [9.17, 15) is 5.26 Å². The summed E-state index contributed by atoms with van der Waals surface area (Å²) in [7, 11) is 0. The Bertz CT molecular complexity index is 821. The van der Waals surface area contributed by atoms with Gasteiger partial charge in [-0.15, -0.1) is 0 Å². The summed E-state index contributed by atoms with van der Waals surface area (Å²) in [5, 5.41) is 11.3. The number of nitriles is 1. The monoisotopic (exact) mass is 339 g/mol. The predicted octanol–water partition coefficient (Wildman–Crippen LogP) is 5.63. The van der Waals surface area contributed by atoms with Gasteiger partial charge in [0.1, 0.15) is 0 Å². The van der Waals surface area contributed by atoms with Crippen molar-refractivity contribution < 1.29 is 0 Å². The topological polar surface area (TPSA) is 23.8 Å². The van der Waals surface area contributed by atoms with Crippen molar-refractivity contribution in [3.8, 4) is 6.07 Å². The van der Waals surface area contributed by atoms with Crippen molar-refractivity contribution in [1.29, 1.82) is 5.26 Å². The molecule has 0 fully saturated rings. The van der Waals surface area contributed by atoms with Gasteiger partial charge < -0.3 is 0 Å². The molecule has 0 radical (unpaired) electrons. The maximum absolute atomic E-state index is 9.20. The molecule has 0 atom stereocenters. The first-order valence-electron chi connectivity index (χ1n) is 6.14. The summed E-state index contributed by atoms with van der Waals surface area (Å²) in [5.74, 6) is 0. The number of hydrogen-bond acceptors (Lipinski definition) is 2. The second-order valence-electron chi connectivity index (χ2n) is 4.30. The van der Waals surface area contributed by atoms with E-state index in [0.29, 0.717) is 0 Å². The lowest BCUT2D eigenvalue weighted by molar-refractivity contribution is 1.39. The molecule has 0 aliphatic heterocycles. The molecule has 3 rings (SSSR count). The fraction of sp³-hybridized carbons (Fsp3) is 0. The Morgan fingerprint density at radius 1 is 0.800 bits per heavy atom. The van der Waals surface area contributed by atoms with Crippen LogP contribution < -0.4 is 0 Å². The third kappa shape index (κ3) is 2.45. The molecule has 0 aliphatic rings. The van der Waals surface area contributed by atoms with E-state index in [1.165, 1.54) is 4.90 Å². The van der Waals surface area contributed by atoms with Crippen LogP contribution in [0.25, 0.3) is 10.8 Å². The first-order valence-corrected chi connectivity index (χ1v) is 7.75. The number of fused-ring (bicyclic) bond motifs is 1. The molecular formula is C17H10BrNS. The van der Waals surface area contributed by atoms with Gasteiger partial charge in [0.25, 0.3) is 0 Å². The smallest absolute Gasteiger partial charge is 0.0998 e. The van der Waals surface area contributed by atoms with E-state index in [4.69, 9.17) is 0 Å². The highest BCUT2D eigenvalue weighted by atomic mass is 79.9. The summed E-state index contributed by atoms with van der Waals surface area (Å²) < 4.78 is 1.08. The normalized spacial score (nSPS) is 10.4. The van der Waals surface area contributed by atoms with Gasteiger partial charge in [-0.1, -0.05) is 48.2 Å². The average Bonchev–Trinajstić information content (AvgIpc) is 2.50. The molecule has 96 valence electrons. The molecule has 0 unspecified atom stereocenters. The van der Waals surface area contributed by atoms with Crippen molar-refractivity contribution in [1.82, 2.24) is 0 Å². The van der Waals surface area contributed by atoms with Crippen LogP contribution in [0, 0.1) is 11.3 Å². The van der Waals surface area contributed by atoms with E-state index < -0.39 is 0 Å². The zero-order valence-corrected chi connectivity index (χ0v) is 12.9. The lowest BCUT2D eigenvalue weighted by Crippen LogP contribution is -1.83. The Hall–Kier alpha value is -1.76. The molecule has 0 N–H and O–H groups in total. The van der Waals surface area contributed by atoms with Gasteiger partial charge in [-0.3, -0.25) is 0 Å². The van der Waals surface area contributed by atoms with Gasteiger partial charge in [-0.2, -0.15) is 5.26 Å². The van der Waals surface area contributed by atoms with Gasteiger partial charge in [0.2, 0.25) is 0 Å². The molecule has 1 nitrogen and oxygen atoms in total. The largest absolute Gasteiger partial charge is 0.192 e. The van der Waals surface area contributed by atoms with Crippen LogP contribution in [0.1, 0.15) is 5.56 Å². The summed E-state index contributed by atoms with van der Waals surface area (Å²) in [4.78, 5) is 2.33. The average molecular weight is 340 g/mol. The standard InChI is InChI=1S/C17H10BrNS/c18-15-7-3-4-8-17(15)20-16-10-9-12(11-19)13-5-1-2-6-14(13)16/h1-10H. The molecule has 3 heteroatoms. The van der Waals surface area contributed by atoms with Crippen LogP contribution in [-0.4, -0.2) is 0 Å². The highest BCUT2D eigenvalue weighted by Gasteiger charge is 2.08. The van der Waals surface area contributed by atoms with Crippen LogP contribution in [0.2, 0.25) is 0 Å². The third-order valence-corrected chi connectivity index (χ3v) is 5.17. The van der Waals surface area contributed by atoms with E-state index >= 15 is 0 Å². The molecular weight excluding hydrogens is 330 g/mol. The second-order valence-corrected chi connectivity index (χ2v) is 6.24. The Balaban J connectivity index is 2.14. The summed E-state index contributed by atoms with van der Waals surface area (Å²) in [5.41, 5.74) is 0.720. The minimum atomic E-state index is 0.720. The van der Waals surface area contributed by atoms with E-state index in [0.717, 1.165) is 25.7 Å². The molecule has 20 heavy (non-hydrogen) atoms. The quantitative estimate of drug-likeness (QED) is 0.604. The van der Waals surface area contributed by atoms with Gasteiger partial charge in [0, 0.05) is 19.6 Å². The molecule has 3 aromatic carbocycles. The molecule has 0 saturated heterocycles. The van der Waals surface area contributed by atoms with Gasteiger partial charge in [0.15, 0.2) is 0 Å². The number of rotatable bonds is 2. The van der Waals surface area contributed by atoms with Crippen LogP contribution in [0.5, 0.6) is 0 Å². The van der Waals surface area contributed by atoms with Crippen molar-refractivity contribution in [3.05, 3.63) is 70.7 Å². The minimum absolute atomic E-state index is 0.720. The number of hydrogen-bond donors (Lipinski definition) is 0. The number of nitrogens with zero attached hydrogens (tertiary/aromatic N) is 1. The minimum Gasteiger partial charge on any atom is -0.192 e. The first-order chi connectivity index (χ1) is 9.79. The van der Waals surface area contributed by atoms with E-state index in [1.54, 1.807) is 11.8 Å². The molecule has 3 aromatic rings. The highest BCUT2D eigenvalue weighted by Crippen LogP contribution is 2.37. The summed E-state index contributed by atoms with van der Waals surface area (Å²) in [6.07, 6.45) is 0. The molecule has 0 heterocycles. The van der Waals surface area contributed by atoms with Gasteiger partial charge in [0.05, 0.1) is 11.6 Å². The Kier molecular flexibility index (Phi) is 3.77. The van der Waals surface area contributed by atoms with Crippen LogP contribution in [0.3, 0.4) is 0 Å². The Morgan fingerprint density at radius 3 is 2.25 bits per heavy atom. The fourth-order valence-corrected chi connectivity index (χ4v) is 3.60. The van der Waals surface area contributed by atoms with Crippen molar-refractivity contribution in [2.24, 2.45) is 0 Å². The van der Waals surface area contributed by atoms with Crippen LogP contribution in [-0.2, 0) is 0 Å². The van der Waals surface area contributed by atoms with E-state index in [2.05, 4.69) is 34.1 Å². The summed E-state index contributed by atoms with van der Waals surface area (Å²) in [6, 6.07) is 22.4. The van der Waals surface area contributed by atoms with Gasteiger partial charge in [-0.25, -0.2) is 0 Å². The van der Waals surface area contributed by atoms with Gasteiger partial charge >= 0.3 is 0 Å². The molecule has 0 spiro atoms. The van der Waals surface area contributed by atoms with E-state index in [-0.39, 0.29) is 0 Å². The van der Waals surface area contributed by atoms with Gasteiger partial charge in [-0.05, 0) is 45.6 Å². The molecule has 0 saturated carbocycles. The van der Waals surface area contributed by atoms with Crippen LogP contribution >= 0.6 is 27.7 Å². The van der Waals surface area contributed by atoms with Crippen LogP contribution in [0.15, 0.2) is 74.9 Å². The molecule has 0 aliphatic carbocycles. The number of benzene rings is 3. The van der Waals surface area contributed by atoms with E-state index in [1.807, 2.05) is 48.5 Å². The van der Waals surface area contributed by atoms with Crippen molar-refractivity contribution in [2.75, 3.05) is 0 Å². The Morgan fingerprint density at radius 2 is 1.50 bits per heavy atom. The lowest BCUT2D eigenvalue weighted by atomic mass is 10.1. The summed E-state index contributed by atoms with van der Waals surface area (Å²) in [6.45, 7) is 0. The van der Waals surface area contributed by atoms with Crippen molar-refractivity contribution in [3.63, 3.8) is 0 Å². The molecule has 0 bridgehead atoms. The second kappa shape index (κ2) is 5.70. The zero-order valence-electron chi connectivity index (χ0n) is 10.5. The maximum atomic E-state index is 9.20. The van der Waals surface area contributed by atoms with Crippen molar-refractivity contribution >= 4 is 38.5 Å². The zero-order chi connectivity index (χ0) is 13.9. The lowest BCUT2D eigenvalue weighted by Gasteiger charge is -2.08. The fourth-order valence-electron chi connectivity index (χ4n) is 2.10. The third-order valence-electron chi connectivity index (χ3n) is 3.06. The summed E-state index contributed by atoms with van der Waals surface area (Å²) >= 11 is 5.28. The van der Waals surface area contributed by atoms with Crippen LogP contribution in [0.4, 0.5) is 0 Å².